The molecule has 4 N–H and O–H groups in total. The summed E-state index contributed by atoms with van der Waals surface area (Å²) in [7, 11) is 0. The Morgan fingerprint density at radius 3 is 2.70 bits per heavy atom. The first-order valence-corrected chi connectivity index (χ1v) is 13.2. The maximum absolute atomic E-state index is 13.8. The van der Waals surface area contributed by atoms with Gasteiger partial charge in [-0.1, -0.05) is 6.92 Å². The van der Waals surface area contributed by atoms with Crippen molar-refractivity contribution in [3.05, 3.63) is 53.7 Å². The van der Waals surface area contributed by atoms with E-state index in [0.29, 0.717) is 18.7 Å². The number of nitrogens with zero attached hydrogens (tertiary/aromatic N) is 7. The van der Waals surface area contributed by atoms with Crippen LogP contribution in [0.15, 0.2) is 36.9 Å². The summed E-state index contributed by atoms with van der Waals surface area (Å²) >= 11 is 0. The Morgan fingerprint density at radius 2 is 2.05 bits per heavy atom. The molecule has 4 aromatic rings. The maximum atomic E-state index is 13.8. The van der Waals surface area contributed by atoms with Crippen molar-refractivity contribution in [1.29, 1.82) is 5.26 Å². The highest BCUT2D eigenvalue weighted by Gasteiger charge is 2.38. The predicted octanol–water partition coefficient (Wildman–Crippen LogP) is 1.88. The van der Waals surface area contributed by atoms with Crippen LogP contribution in [0.5, 0.6) is 5.75 Å². The van der Waals surface area contributed by atoms with Gasteiger partial charge in [-0.3, -0.25) is 23.5 Å². The third kappa shape index (κ3) is 5.74. The molecule has 4 heterocycles. The highest BCUT2D eigenvalue weighted by Crippen LogP contribution is 2.38. The molecular weight excluding hydrogens is 585 g/mol. The minimum atomic E-state index is -4.80. The fourth-order valence-electron chi connectivity index (χ4n) is 4.86. The van der Waals surface area contributed by atoms with Crippen molar-refractivity contribution in [3.8, 4) is 23.1 Å². The van der Waals surface area contributed by atoms with E-state index in [4.69, 9.17) is 15.7 Å². The molecule has 1 aliphatic rings. The normalized spacial score (nSPS) is 13.3. The molecule has 2 amide bonds. The number of nitrogens with one attached hydrogen (secondary N) is 2. The quantitative estimate of drug-likeness (QED) is 0.224. The molecule has 1 aromatic carbocycles. The van der Waals surface area contributed by atoms with Crippen LogP contribution >= 0.6 is 0 Å². The predicted molar refractivity (Wildman–Crippen MR) is 148 cm³/mol. The molecule has 1 aliphatic heterocycles. The zero-order valence-electron chi connectivity index (χ0n) is 23.1. The van der Waals surface area contributed by atoms with Crippen molar-refractivity contribution < 1.29 is 32.3 Å². The number of aromatic nitrogens is 5. The number of carbonyl (C=O) groups is 3. The van der Waals surface area contributed by atoms with Crippen molar-refractivity contribution in [2.75, 3.05) is 25.0 Å². The summed E-state index contributed by atoms with van der Waals surface area (Å²) in [6, 6.07) is 4.63. The van der Waals surface area contributed by atoms with Crippen LogP contribution in [0.25, 0.3) is 16.9 Å². The summed E-state index contributed by atoms with van der Waals surface area (Å²) in [6.07, 6.45) is 0.534. The number of halogens is 3. The van der Waals surface area contributed by atoms with Crippen molar-refractivity contribution in [2.45, 2.75) is 32.1 Å². The molecule has 0 unspecified atom stereocenters. The second-order valence-corrected chi connectivity index (χ2v) is 9.76. The molecule has 0 spiro atoms. The number of imidazole rings is 1. The topological polar surface area (TPSA) is 186 Å². The lowest BCUT2D eigenvalue weighted by atomic mass is 10.0. The SMILES string of the molecule is CCc1c(C(=O)NCC(=O)N2CC(N)C2)ccc(Nc2nccn3c(-c4cn(CC#N)nc4C(F)(F)F)cnc23)c1OC=O. The Kier molecular flexibility index (Phi) is 8.18. The molecular formula is C27H25F3N10O4. The second kappa shape index (κ2) is 12.0. The lowest BCUT2D eigenvalue weighted by Gasteiger charge is -2.36. The number of hydrogen-bond acceptors (Lipinski definition) is 10. The molecule has 0 aliphatic carbocycles. The van der Waals surface area contributed by atoms with Crippen LogP contribution in [-0.2, 0) is 28.7 Å². The van der Waals surface area contributed by atoms with Gasteiger partial charge in [0.05, 0.1) is 35.8 Å². The number of alkyl halides is 3. The van der Waals surface area contributed by atoms with E-state index in [0.717, 1.165) is 10.9 Å². The number of anilines is 2. The minimum absolute atomic E-state index is 0.0166. The average Bonchev–Trinajstić information content (AvgIpc) is 3.60. The van der Waals surface area contributed by atoms with Gasteiger partial charge in [-0.25, -0.2) is 9.97 Å². The van der Waals surface area contributed by atoms with Crippen LogP contribution in [-0.4, -0.2) is 73.0 Å². The summed E-state index contributed by atoms with van der Waals surface area (Å²) in [6.45, 7) is 2.14. The van der Waals surface area contributed by atoms with Crippen LogP contribution in [0.4, 0.5) is 24.7 Å². The standard InChI is InChI=1S/C27H25F3N10O4/c1-2-16-17(26(43)35-10-21(42)38-11-15(32)12-38)3-4-19(22(16)44-14-41)36-24-25-34-9-20(40(25)8-6-33-24)18-13-39(7-5-31)37-23(18)27(28,29)30/h3-4,6,8-9,13-15H,2,7,10-12,32H2,1H3,(H,33,36)(H,35,43). The van der Waals surface area contributed by atoms with Gasteiger partial charge in [-0.2, -0.15) is 23.5 Å². The Bertz CT molecular complexity index is 1790. The van der Waals surface area contributed by atoms with Gasteiger partial charge in [0.1, 0.15) is 6.54 Å². The van der Waals surface area contributed by atoms with Crippen molar-refractivity contribution in [3.63, 3.8) is 0 Å². The average molecular weight is 611 g/mol. The van der Waals surface area contributed by atoms with E-state index in [1.54, 1.807) is 13.0 Å². The number of hydrogen-bond donors (Lipinski definition) is 3. The van der Waals surface area contributed by atoms with Crippen LogP contribution in [0.2, 0.25) is 0 Å². The molecule has 3 aromatic heterocycles. The van der Waals surface area contributed by atoms with E-state index in [9.17, 15) is 27.6 Å². The summed E-state index contributed by atoms with van der Waals surface area (Å²) in [5, 5.41) is 18.0. The van der Waals surface area contributed by atoms with Gasteiger partial charge in [0.25, 0.3) is 12.4 Å². The number of nitrogens with two attached hydrogens (primary N) is 1. The van der Waals surface area contributed by atoms with Crippen LogP contribution < -0.4 is 21.1 Å². The molecule has 0 saturated carbocycles. The number of carbonyl (C=O) groups excluding carboxylic acids is 3. The second-order valence-electron chi connectivity index (χ2n) is 9.76. The summed E-state index contributed by atoms with van der Waals surface area (Å²) in [4.78, 5) is 46.8. The smallest absolute Gasteiger partial charge is 0.426 e. The largest absolute Gasteiger partial charge is 0.435 e. The summed E-state index contributed by atoms with van der Waals surface area (Å²) in [5.41, 5.74) is 5.15. The van der Waals surface area contributed by atoms with Gasteiger partial charge >= 0.3 is 6.18 Å². The molecule has 1 fully saturated rings. The molecule has 1 saturated heterocycles. The molecule has 5 rings (SSSR count). The highest BCUT2D eigenvalue weighted by molar-refractivity contribution is 5.99. The zero-order valence-corrected chi connectivity index (χ0v) is 23.1. The Labute approximate surface area is 247 Å². The van der Waals surface area contributed by atoms with Crippen molar-refractivity contribution >= 4 is 35.4 Å². The van der Waals surface area contributed by atoms with Gasteiger partial charge in [-0.05, 0) is 18.6 Å². The molecule has 0 bridgehead atoms. The first-order valence-electron chi connectivity index (χ1n) is 13.2. The molecule has 17 heteroatoms. The van der Waals surface area contributed by atoms with Gasteiger partial charge in [-0.15, -0.1) is 0 Å². The lowest BCUT2D eigenvalue weighted by molar-refractivity contribution is -0.141. The van der Waals surface area contributed by atoms with Gasteiger partial charge in [0.15, 0.2) is 22.9 Å². The number of fused-ring (bicyclic) bond motifs is 1. The molecule has 44 heavy (non-hydrogen) atoms. The van der Waals surface area contributed by atoms with E-state index >= 15 is 0 Å². The zero-order chi connectivity index (χ0) is 31.6. The lowest BCUT2D eigenvalue weighted by Crippen LogP contribution is -2.59. The highest BCUT2D eigenvalue weighted by atomic mass is 19.4. The van der Waals surface area contributed by atoms with Gasteiger partial charge < -0.3 is 26.0 Å². The Hall–Kier alpha value is -5.50. The monoisotopic (exact) mass is 610 g/mol. The fourth-order valence-corrected chi connectivity index (χ4v) is 4.86. The van der Waals surface area contributed by atoms with Crippen molar-refractivity contribution in [2.24, 2.45) is 5.73 Å². The van der Waals surface area contributed by atoms with Crippen molar-refractivity contribution in [1.82, 2.24) is 34.4 Å². The van der Waals surface area contributed by atoms with Gasteiger partial charge in [0.2, 0.25) is 5.91 Å². The number of amides is 2. The van der Waals surface area contributed by atoms with Crippen LogP contribution in [0.1, 0.15) is 28.5 Å². The van der Waals surface area contributed by atoms with Crippen LogP contribution in [0.3, 0.4) is 0 Å². The Balaban J connectivity index is 1.46. The number of ether oxygens (including phenoxy) is 1. The maximum Gasteiger partial charge on any atom is 0.435 e. The number of likely N-dealkylation sites (tertiary alicyclic amines) is 1. The van der Waals surface area contributed by atoms with E-state index in [-0.39, 0.29) is 77.7 Å². The van der Waals surface area contributed by atoms with E-state index in [2.05, 4.69) is 25.7 Å². The van der Waals surface area contributed by atoms with E-state index in [1.807, 2.05) is 0 Å². The summed E-state index contributed by atoms with van der Waals surface area (Å²) < 4.78 is 48.9. The number of benzene rings is 1. The Morgan fingerprint density at radius 1 is 1.27 bits per heavy atom. The van der Waals surface area contributed by atoms with E-state index in [1.165, 1.54) is 40.0 Å². The number of nitriles is 1. The molecule has 14 nitrogen and oxygen atoms in total. The van der Waals surface area contributed by atoms with Gasteiger partial charge in [0, 0.05) is 48.8 Å². The first-order chi connectivity index (χ1) is 21.0. The molecule has 0 radical (unpaired) electrons. The van der Waals surface area contributed by atoms with Crippen LogP contribution in [0, 0.1) is 11.3 Å². The summed E-state index contributed by atoms with van der Waals surface area (Å²) in [5.74, 6) is -0.718. The minimum Gasteiger partial charge on any atom is -0.426 e. The molecule has 228 valence electrons. The fraction of sp³-hybridized carbons (Fsp3) is 0.296. The van der Waals surface area contributed by atoms with E-state index < -0.39 is 17.8 Å². The third-order valence-electron chi connectivity index (χ3n) is 6.91. The first kappa shape index (κ1) is 30.0. The molecule has 0 atom stereocenters. The number of rotatable bonds is 10. The third-order valence-corrected chi connectivity index (χ3v) is 6.91.